The molecule has 0 aliphatic carbocycles. The highest BCUT2D eigenvalue weighted by Crippen LogP contribution is 2.35. The molecule has 8 heteroatoms. The van der Waals surface area contributed by atoms with Gasteiger partial charge in [0.1, 0.15) is 5.82 Å². The molecule has 1 aromatic heterocycles. The fraction of sp³-hybridized carbons (Fsp3) is 0.348. The normalized spacial score (nSPS) is 19.4. The van der Waals surface area contributed by atoms with Crippen molar-refractivity contribution in [2.75, 3.05) is 13.2 Å². The number of non-ortho nitro benzene ring substituents is 1. The number of amides is 1. The SMILES string of the molecule is C[C@]1(CNC(=O)C[C@@H](c2ccc(F)cc2)c2c[nH]c3ccc([N+](=O)[O-])cc23)CCCO1. The molecule has 2 N–H and O–H groups in total. The Morgan fingerprint density at radius 1 is 1.32 bits per heavy atom. The van der Waals surface area contributed by atoms with Gasteiger partial charge in [0.25, 0.3) is 5.69 Å². The number of carbonyl (C=O) groups excluding carboxylic acids is 1. The second kappa shape index (κ2) is 8.47. The van der Waals surface area contributed by atoms with Gasteiger partial charge in [-0.1, -0.05) is 12.1 Å². The highest BCUT2D eigenvalue weighted by Gasteiger charge is 2.31. The van der Waals surface area contributed by atoms with Crippen molar-refractivity contribution in [3.63, 3.8) is 0 Å². The molecule has 0 saturated carbocycles. The van der Waals surface area contributed by atoms with E-state index in [9.17, 15) is 19.3 Å². The number of nitro benzene ring substituents is 1. The van der Waals surface area contributed by atoms with Crippen LogP contribution in [0, 0.1) is 15.9 Å². The van der Waals surface area contributed by atoms with E-state index in [1.807, 2.05) is 6.92 Å². The zero-order chi connectivity index (χ0) is 22.0. The molecule has 31 heavy (non-hydrogen) atoms. The molecule has 0 spiro atoms. The third-order valence-corrected chi connectivity index (χ3v) is 5.91. The predicted molar refractivity (Wildman–Crippen MR) is 114 cm³/mol. The van der Waals surface area contributed by atoms with Crippen molar-refractivity contribution >= 4 is 22.5 Å². The molecule has 0 radical (unpaired) electrons. The van der Waals surface area contributed by atoms with Gasteiger partial charge in [-0.15, -0.1) is 0 Å². The van der Waals surface area contributed by atoms with E-state index in [0.29, 0.717) is 18.5 Å². The minimum Gasteiger partial charge on any atom is -0.373 e. The Hall–Kier alpha value is -3.26. The van der Waals surface area contributed by atoms with Crippen LogP contribution in [0.1, 0.15) is 43.2 Å². The molecular weight excluding hydrogens is 401 g/mol. The van der Waals surface area contributed by atoms with Crippen molar-refractivity contribution in [2.45, 2.75) is 37.7 Å². The lowest BCUT2D eigenvalue weighted by Crippen LogP contribution is -2.40. The highest BCUT2D eigenvalue weighted by molar-refractivity contribution is 5.87. The van der Waals surface area contributed by atoms with Gasteiger partial charge in [0, 0.05) is 54.7 Å². The molecular formula is C23H24FN3O4. The molecule has 2 atom stereocenters. The minimum atomic E-state index is -0.446. The molecule has 2 heterocycles. The van der Waals surface area contributed by atoms with Gasteiger partial charge in [-0.25, -0.2) is 4.39 Å². The van der Waals surface area contributed by atoms with E-state index in [-0.39, 0.29) is 29.4 Å². The summed E-state index contributed by atoms with van der Waals surface area (Å²) in [4.78, 5) is 26.8. The maximum Gasteiger partial charge on any atom is 0.270 e. The molecule has 4 rings (SSSR count). The molecule has 1 amide bonds. The van der Waals surface area contributed by atoms with Crippen LogP contribution in [0.2, 0.25) is 0 Å². The predicted octanol–water partition coefficient (Wildman–Crippen LogP) is 4.42. The van der Waals surface area contributed by atoms with Gasteiger partial charge >= 0.3 is 0 Å². The van der Waals surface area contributed by atoms with Crippen molar-refractivity contribution in [1.29, 1.82) is 0 Å². The molecule has 1 saturated heterocycles. The van der Waals surface area contributed by atoms with Crippen LogP contribution >= 0.6 is 0 Å². The average molecular weight is 425 g/mol. The lowest BCUT2D eigenvalue weighted by molar-refractivity contribution is -0.384. The summed E-state index contributed by atoms with van der Waals surface area (Å²) in [5.74, 6) is -0.924. The Kier molecular flexibility index (Phi) is 5.73. The fourth-order valence-corrected chi connectivity index (χ4v) is 4.15. The molecule has 0 unspecified atom stereocenters. The number of hydrogen-bond donors (Lipinski definition) is 2. The average Bonchev–Trinajstić information content (AvgIpc) is 3.37. The smallest absolute Gasteiger partial charge is 0.270 e. The van der Waals surface area contributed by atoms with E-state index in [0.717, 1.165) is 29.5 Å². The number of benzene rings is 2. The summed E-state index contributed by atoms with van der Waals surface area (Å²) in [5.41, 5.74) is 1.86. The lowest BCUT2D eigenvalue weighted by atomic mass is 9.87. The van der Waals surface area contributed by atoms with Crippen LogP contribution in [-0.2, 0) is 9.53 Å². The number of ether oxygens (including phenoxy) is 1. The first kappa shape index (κ1) is 21.0. The first-order valence-corrected chi connectivity index (χ1v) is 10.3. The van der Waals surface area contributed by atoms with Gasteiger partial charge in [-0.2, -0.15) is 0 Å². The van der Waals surface area contributed by atoms with Gasteiger partial charge < -0.3 is 15.0 Å². The summed E-state index contributed by atoms with van der Waals surface area (Å²) in [6.45, 7) is 3.09. The molecule has 0 bridgehead atoms. The number of nitro groups is 1. The summed E-state index contributed by atoms with van der Waals surface area (Å²) in [6.07, 6.45) is 3.74. The zero-order valence-electron chi connectivity index (χ0n) is 17.2. The summed E-state index contributed by atoms with van der Waals surface area (Å²) >= 11 is 0. The largest absolute Gasteiger partial charge is 0.373 e. The first-order chi connectivity index (χ1) is 14.8. The van der Waals surface area contributed by atoms with E-state index < -0.39 is 10.8 Å². The van der Waals surface area contributed by atoms with Crippen LogP contribution in [0.4, 0.5) is 10.1 Å². The number of aromatic amines is 1. The minimum absolute atomic E-state index is 0.0260. The maximum absolute atomic E-state index is 13.5. The van der Waals surface area contributed by atoms with Crippen molar-refractivity contribution in [2.24, 2.45) is 0 Å². The van der Waals surface area contributed by atoms with Crippen LogP contribution in [-0.4, -0.2) is 34.6 Å². The van der Waals surface area contributed by atoms with Crippen molar-refractivity contribution in [3.8, 4) is 0 Å². The molecule has 162 valence electrons. The lowest BCUT2D eigenvalue weighted by Gasteiger charge is -2.24. The second-order valence-electron chi connectivity index (χ2n) is 8.22. The summed E-state index contributed by atoms with van der Waals surface area (Å²) in [7, 11) is 0. The number of fused-ring (bicyclic) bond motifs is 1. The molecule has 7 nitrogen and oxygen atoms in total. The van der Waals surface area contributed by atoms with Gasteiger partial charge in [0.15, 0.2) is 0 Å². The number of rotatable bonds is 7. The quantitative estimate of drug-likeness (QED) is 0.432. The van der Waals surface area contributed by atoms with E-state index in [1.165, 1.54) is 24.3 Å². The van der Waals surface area contributed by atoms with E-state index >= 15 is 0 Å². The van der Waals surface area contributed by atoms with Crippen LogP contribution in [0.3, 0.4) is 0 Å². The van der Waals surface area contributed by atoms with Gasteiger partial charge in [-0.05, 0) is 49.1 Å². The number of nitrogens with one attached hydrogen (secondary N) is 2. The molecule has 2 aromatic carbocycles. The van der Waals surface area contributed by atoms with Crippen LogP contribution in [0.5, 0.6) is 0 Å². The monoisotopic (exact) mass is 425 g/mol. The van der Waals surface area contributed by atoms with E-state index in [1.54, 1.807) is 24.4 Å². The maximum atomic E-state index is 13.5. The Labute approximate surface area is 178 Å². The van der Waals surface area contributed by atoms with Crippen molar-refractivity contribution in [3.05, 3.63) is 75.7 Å². The van der Waals surface area contributed by atoms with E-state index in [4.69, 9.17) is 4.74 Å². The van der Waals surface area contributed by atoms with Crippen molar-refractivity contribution in [1.82, 2.24) is 10.3 Å². The third kappa shape index (κ3) is 4.59. The Balaban J connectivity index is 1.64. The third-order valence-electron chi connectivity index (χ3n) is 5.91. The summed E-state index contributed by atoms with van der Waals surface area (Å²) < 4.78 is 19.2. The van der Waals surface area contributed by atoms with Gasteiger partial charge in [-0.3, -0.25) is 14.9 Å². The number of hydrogen-bond acceptors (Lipinski definition) is 4. The van der Waals surface area contributed by atoms with Gasteiger partial charge in [0.2, 0.25) is 5.91 Å². The summed E-state index contributed by atoms with van der Waals surface area (Å²) in [5, 5.41) is 14.9. The molecule has 1 fully saturated rings. The van der Waals surface area contributed by atoms with Gasteiger partial charge in [0.05, 0.1) is 10.5 Å². The number of nitrogens with zero attached hydrogens (tertiary/aromatic N) is 1. The Morgan fingerprint density at radius 3 is 2.77 bits per heavy atom. The first-order valence-electron chi connectivity index (χ1n) is 10.3. The number of aromatic nitrogens is 1. The number of carbonyl (C=O) groups is 1. The standard InChI is InChI=1S/C23H24FN3O4/c1-23(9-2-10-31-23)14-26-22(28)12-18(15-3-5-16(24)6-4-15)20-13-25-21-8-7-17(27(29)30)11-19(20)21/h3-8,11,13,18,25H,2,9-10,12,14H2,1H3,(H,26,28)/t18-,23+/m0/s1. The fourth-order valence-electron chi connectivity index (χ4n) is 4.15. The Bertz CT molecular complexity index is 1100. The topological polar surface area (TPSA) is 97.3 Å². The number of H-pyrrole nitrogens is 1. The highest BCUT2D eigenvalue weighted by atomic mass is 19.1. The van der Waals surface area contributed by atoms with Crippen LogP contribution in [0.25, 0.3) is 10.9 Å². The zero-order valence-corrected chi connectivity index (χ0v) is 17.2. The number of halogens is 1. The summed E-state index contributed by atoms with van der Waals surface area (Å²) in [6, 6.07) is 10.6. The Morgan fingerprint density at radius 2 is 2.10 bits per heavy atom. The molecule has 1 aliphatic heterocycles. The molecule has 1 aliphatic rings. The molecule has 3 aromatic rings. The van der Waals surface area contributed by atoms with Crippen LogP contribution < -0.4 is 5.32 Å². The van der Waals surface area contributed by atoms with Crippen LogP contribution in [0.15, 0.2) is 48.7 Å². The van der Waals surface area contributed by atoms with E-state index in [2.05, 4.69) is 10.3 Å². The second-order valence-corrected chi connectivity index (χ2v) is 8.22. The van der Waals surface area contributed by atoms with Crippen molar-refractivity contribution < 1.29 is 18.8 Å².